The molecule has 0 aliphatic heterocycles. The molecule has 0 bridgehead atoms. The summed E-state index contributed by atoms with van der Waals surface area (Å²) in [7, 11) is -3.53. The van der Waals surface area contributed by atoms with E-state index in [-0.39, 0.29) is 11.4 Å². The highest BCUT2D eigenvalue weighted by Gasteiger charge is 2.15. The Hall–Kier alpha value is -1.51. The van der Waals surface area contributed by atoms with Crippen molar-refractivity contribution in [3.05, 3.63) is 40.9 Å². The third-order valence-corrected chi connectivity index (χ3v) is 4.49. The molecular weight excluding hydrogens is 296 g/mol. The topological polar surface area (TPSA) is 79.8 Å². The molecule has 1 aromatic carbocycles. The zero-order chi connectivity index (χ0) is 14.6. The maximum absolute atomic E-state index is 12.1. The van der Waals surface area contributed by atoms with E-state index in [0.717, 1.165) is 6.42 Å². The van der Waals surface area contributed by atoms with Crippen LogP contribution in [-0.2, 0) is 23.1 Å². The van der Waals surface area contributed by atoms with Crippen LogP contribution in [0.1, 0.15) is 19.2 Å². The van der Waals surface area contributed by atoms with Gasteiger partial charge >= 0.3 is 0 Å². The molecule has 0 radical (unpaired) electrons. The molecule has 2 aromatic rings. The summed E-state index contributed by atoms with van der Waals surface area (Å²) in [5, 5.41) is 6.73. The predicted molar refractivity (Wildman–Crippen MR) is 78.2 cm³/mol. The quantitative estimate of drug-likeness (QED) is 0.798. The van der Waals surface area contributed by atoms with Gasteiger partial charge in [0.25, 0.3) is 0 Å². The summed E-state index contributed by atoms with van der Waals surface area (Å²) in [6.45, 7) is 2.83. The van der Waals surface area contributed by atoms with Gasteiger partial charge in [-0.25, -0.2) is 13.1 Å². The SMILES string of the molecule is CCCn1c(CNS(=O)(=O)c2ccccc2)n[nH]c1=S. The normalized spacial score (nSPS) is 11.7. The fourth-order valence-electron chi connectivity index (χ4n) is 1.78. The van der Waals surface area contributed by atoms with E-state index >= 15 is 0 Å². The third-order valence-electron chi connectivity index (χ3n) is 2.76. The van der Waals surface area contributed by atoms with Gasteiger partial charge in [0, 0.05) is 6.54 Å². The lowest BCUT2D eigenvalue weighted by molar-refractivity contribution is 0.571. The van der Waals surface area contributed by atoms with Crippen LogP contribution < -0.4 is 4.72 Å². The Labute approximate surface area is 122 Å². The van der Waals surface area contributed by atoms with Crippen molar-refractivity contribution in [2.45, 2.75) is 31.3 Å². The number of hydrogen-bond acceptors (Lipinski definition) is 4. The summed E-state index contributed by atoms with van der Waals surface area (Å²) in [6, 6.07) is 8.23. The Morgan fingerprint density at radius 3 is 2.70 bits per heavy atom. The number of nitrogens with zero attached hydrogens (tertiary/aromatic N) is 2. The van der Waals surface area contributed by atoms with Crippen molar-refractivity contribution in [2.24, 2.45) is 0 Å². The van der Waals surface area contributed by atoms with Gasteiger partial charge in [-0.05, 0) is 30.8 Å². The minimum absolute atomic E-state index is 0.102. The van der Waals surface area contributed by atoms with Crippen molar-refractivity contribution in [3.63, 3.8) is 0 Å². The van der Waals surface area contributed by atoms with E-state index in [4.69, 9.17) is 12.2 Å². The Kier molecular flexibility index (Phi) is 4.69. The molecule has 1 aromatic heterocycles. The maximum Gasteiger partial charge on any atom is 0.240 e. The fourth-order valence-corrected chi connectivity index (χ4v) is 3.03. The Morgan fingerprint density at radius 2 is 2.05 bits per heavy atom. The summed E-state index contributed by atoms with van der Waals surface area (Å²) in [6.07, 6.45) is 0.895. The van der Waals surface area contributed by atoms with Crippen LogP contribution in [0.4, 0.5) is 0 Å². The highest BCUT2D eigenvalue weighted by molar-refractivity contribution is 7.89. The molecule has 0 saturated carbocycles. The molecule has 2 N–H and O–H groups in total. The molecule has 0 aliphatic carbocycles. The largest absolute Gasteiger partial charge is 0.303 e. The number of rotatable bonds is 6. The number of benzene rings is 1. The van der Waals surface area contributed by atoms with Gasteiger partial charge in [0.15, 0.2) is 4.77 Å². The number of aromatic amines is 1. The van der Waals surface area contributed by atoms with Gasteiger partial charge < -0.3 is 4.57 Å². The first-order valence-electron chi connectivity index (χ1n) is 6.23. The first kappa shape index (κ1) is 14.9. The van der Waals surface area contributed by atoms with E-state index in [2.05, 4.69) is 14.9 Å². The Balaban J connectivity index is 2.15. The molecule has 0 fully saturated rings. The molecule has 0 atom stereocenters. The van der Waals surface area contributed by atoms with E-state index in [1.807, 2.05) is 6.92 Å². The summed E-state index contributed by atoms with van der Waals surface area (Å²) in [5.74, 6) is 0.580. The first-order chi connectivity index (χ1) is 9.54. The van der Waals surface area contributed by atoms with E-state index in [1.54, 1.807) is 34.9 Å². The van der Waals surface area contributed by atoms with E-state index in [9.17, 15) is 8.42 Å². The van der Waals surface area contributed by atoms with Crippen LogP contribution in [0, 0.1) is 4.77 Å². The lowest BCUT2D eigenvalue weighted by atomic mass is 10.4. The average Bonchev–Trinajstić information content (AvgIpc) is 2.79. The maximum atomic E-state index is 12.1. The molecule has 0 amide bonds. The van der Waals surface area contributed by atoms with Crippen LogP contribution in [0.3, 0.4) is 0 Å². The van der Waals surface area contributed by atoms with Crippen molar-refractivity contribution in [2.75, 3.05) is 0 Å². The molecule has 8 heteroatoms. The molecule has 0 saturated heterocycles. The number of H-pyrrole nitrogens is 1. The van der Waals surface area contributed by atoms with Crippen molar-refractivity contribution in [1.29, 1.82) is 0 Å². The van der Waals surface area contributed by atoms with E-state index in [0.29, 0.717) is 17.1 Å². The smallest absolute Gasteiger partial charge is 0.240 e. The van der Waals surface area contributed by atoms with E-state index in [1.165, 1.54) is 0 Å². The van der Waals surface area contributed by atoms with Crippen LogP contribution in [0.15, 0.2) is 35.2 Å². The highest BCUT2D eigenvalue weighted by atomic mass is 32.2. The van der Waals surface area contributed by atoms with Crippen LogP contribution in [0.25, 0.3) is 0 Å². The Bertz CT molecular complexity index is 719. The average molecular weight is 312 g/mol. The number of aromatic nitrogens is 3. The van der Waals surface area contributed by atoms with Crippen LogP contribution in [0.5, 0.6) is 0 Å². The summed E-state index contributed by atoms with van der Waals surface area (Å²) < 4.78 is 29.0. The molecule has 0 aliphatic rings. The zero-order valence-electron chi connectivity index (χ0n) is 11.0. The molecule has 2 rings (SSSR count). The third kappa shape index (κ3) is 3.33. The van der Waals surface area contributed by atoms with Crippen LogP contribution in [0.2, 0.25) is 0 Å². The Morgan fingerprint density at radius 1 is 1.35 bits per heavy atom. The lowest BCUT2D eigenvalue weighted by Gasteiger charge is -2.07. The number of nitrogens with one attached hydrogen (secondary N) is 2. The second kappa shape index (κ2) is 6.29. The van der Waals surface area contributed by atoms with Gasteiger partial charge in [-0.15, -0.1) is 0 Å². The summed E-state index contributed by atoms with van der Waals surface area (Å²) >= 11 is 5.11. The number of hydrogen-bond donors (Lipinski definition) is 2. The van der Waals surface area contributed by atoms with Gasteiger partial charge in [0.1, 0.15) is 5.82 Å². The van der Waals surface area contributed by atoms with Gasteiger partial charge in [-0.2, -0.15) is 5.10 Å². The molecule has 0 spiro atoms. The number of sulfonamides is 1. The van der Waals surface area contributed by atoms with Crippen molar-refractivity contribution in [1.82, 2.24) is 19.5 Å². The second-order valence-corrected chi connectivity index (χ2v) is 6.39. The summed E-state index contributed by atoms with van der Waals surface area (Å²) in [4.78, 5) is 0.233. The molecule has 0 unspecified atom stereocenters. The molecular formula is C12H16N4O2S2. The molecule has 20 heavy (non-hydrogen) atoms. The van der Waals surface area contributed by atoms with Crippen LogP contribution in [-0.4, -0.2) is 23.2 Å². The van der Waals surface area contributed by atoms with Gasteiger partial charge in [-0.1, -0.05) is 25.1 Å². The fraction of sp³-hybridized carbons (Fsp3) is 0.333. The lowest BCUT2D eigenvalue weighted by Crippen LogP contribution is -2.25. The van der Waals surface area contributed by atoms with Crippen molar-refractivity contribution in [3.8, 4) is 0 Å². The summed E-state index contributed by atoms with van der Waals surface area (Å²) in [5.41, 5.74) is 0. The van der Waals surface area contributed by atoms with Gasteiger partial charge in [0.2, 0.25) is 10.0 Å². The second-order valence-electron chi connectivity index (χ2n) is 4.23. The monoisotopic (exact) mass is 312 g/mol. The molecule has 1 heterocycles. The standard InChI is InChI=1S/C12H16N4O2S2/c1-2-8-16-11(14-15-12(16)19)9-13-20(17,18)10-6-4-3-5-7-10/h3-7,13H,2,8-9H2,1H3,(H,15,19). The minimum Gasteiger partial charge on any atom is -0.303 e. The van der Waals surface area contributed by atoms with E-state index < -0.39 is 10.0 Å². The van der Waals surface area contributed by atoms with Crippen molar-refractivity contribution < 1.29 is 8.42 Å². The highest BCUT2D eigenvalue weighted by Crippen LogP contribution is 2.08. The zero-order valence-corrected chi connectivity index (χ0v) is 12.7. The predicted octanol–water partition coefficient (Wildman–Crippen LogP) is 1.83. The van der Waals surface area contributed by atoms with Gasteiger partial charge in [0.05, 0.1) is 11.4 Å². The minimum atomic E-state index is -3.53. The molecule has 6 nitrogen and oxygen atoms in total. The molecule has 108 valence electrons. The van der Waals surface area contributed by atoms with Crippen LogP contribution >= 0.6 is 12.2 Å². The van der Waals surface area contributed by atoms with Gasteiger partial charge in [-0.3, -0.25) is 5.10 Å². The first-order valence-corrected chi connectivity index (χ1v) is 8.12. The van der Waals surface area contributed by atoms with Crippen molar-refractivity contribution >= 4 is 22.2 Å².